The maximum atomic E-state index is 12.4. The monoisotopic (exact) mass is 271 g/mol. The van der Waals surface area contributed by atoms with E-state index < -0.39 is 0 Å². The molecule has 0 aromatic heterocycles. The van der Waals surface area contributed by atoms with Crippen molar-refractivity contribution in [2.24, 2.45) is 0 Å². The van der Waals surface area contributed by atoms with Crippen molar-refractivity contribution >= 4 is 0 Å². The zero-order chi connectivity index (χ0) is 14.6. The van der Waals surface area contributed by atoms with Crippen molar-refractivity contribution in [3.63, 3.8) is 0 Å². The van der Waals surface area contributed by atoms with Crippen LogP contribution in [0.25, 0.3) is 0 Å². The molecule has 1 aromatic carbocycles. The Labute approximate surface area is 135 Å². The maximum absolute atomic E-state index is 12.4. The van der Waals surface area contributed by atoms with E-state index in [4.69, 9.17) is 0 Å². The minimum absolute atomic E-state index is 0. The van der Waals surface area contributed by atoms with Crippen LogP contribution in [0.4, 0.5) is 0 Å². The Morgan fingerprint density at radius 1 is 0.750 bits per heavy atom. The molecule has 0 aliphatic heterocycles. The van der Waals surface area contributed by atoms with E-state index in [9.17, 15) is 5.11 Å². The molecule has 5 heteroatoms. The summed E-state index contributed by atoms with van der Waals surface area (Å²) >= 11 is 0. The molecular formula is C15H26LiN3O. The van der Waals surface area contributed by atoms with E-state index in [0.717, 1.165) is 17.7 Å². The molecule has 1 aromatic rings. The van der Waals surface area contributed by atoms with Gasteiger partial charge in [0, 0.05) is 19.6 Å². The first kappa shape index (κ1) is 19.5. The van der Waals surface area contributed by atoms with Crippen LogP contribution in [0, 0.1) is 0 Å². The third-order valence-electron chi connectivity index (χ3n) is 2.77. The number of rotatable bonds is 6. The molecule has 0 radical (unpaired) electrons. The first-order valence-electron chi connectivity index (χ1n) is 6.55. The van der Waals surface area contributed by atoms with Crippen molar-refractivity contribution < 1.29 is 24.0 Å². The van der Waals surface area contributed by atoms with Crippen molar-refractivity contribution in [2.75, 3.05) is 42.3 Å². The number of hydrogen-bond acceptors (Lipinski definition) is 4. The molecule has 0 atom stereocenters. The number of nitrogens with zero attached hydrogens (tertiary/aromatic N) is 3. The smallest absolute Gasteiger partial charge is 0.872 e. The van der Waals surface area contributed by atoms with Crippen molar-refractivity contribution in [1.82, 2.24) is 14.7 Å². The second kappa shape index (κ2) is 8.71. The molecule has 0 heterocycles. The van der Waals surface area contributed by atoms with Gasteiger partial charge in [-0.1, -0.05) is 17.9 Å². The number of hydrogen-bond donors (Lipinski definition) is 0. The molecule has 0 aliphatic rings. The van der Waals surface area contributed by atoms with Crippen LogP contribution in [-0.4, -0.2) is 57.0 Å². The van der Waals surface area contributed by atoms with Crippen LogP contribution < -0.4 is 24.0 Å². The second-order valence-electron chi connectivity index (χ2n) is 5.96. The molecule has 0 spiro atoms. The Morgan fingerprint density at radius 3 is 1.40 bits per heavy atom. The van der Waals surface area contributed by atoms with Gasteiger partial charge in [0.2, 0.25) is 0 Å². The molecule has 0 aliphatic carbocycles. The molecule has 108 valence electrons. The fourth-order valence-corrected chi connectivity index (χ4v) is 2.20. The van der Waals surface area contributed by atoms with Gasteiger partial charge >= 0.3 is 18.9 Å². The summed E-state index contributed by atoms with van der Waals surface area (Å²) in [6.07, 6.45) is 0. The van der Waals surface area contributed by atoms with Crippen molar-refractivity contribution in [3.05, 3.63) is 28.8 Å². The van der Waals surface area contributed by atoms with Gasteiger partial charge < -0.3 is 19.8 Å². The SMILES string of the molecule is CN(C)Cc1cc(CN(C)C)c([O-])c(CN(C)C)c1.[Li+]. The molecule has 0 bridgehead atoms. The van der Waals surface area contributed by atoms with Crippen LogP contribution in [0.5, 0.6) is 5.75 Å². The summed E-state index contributed by atoms with van der Waals surface area (Å²) in [5.41, 5.74) is 2.99. The van der Waals surface area contributed by atoms with Crippen molar-refractivity contribution in [1.29, 1.82) is 0 Å². The summed E-state index contributed by atoms with van der Waals surface area (Å²) < 4.78 is 0. The fraction of sp³-hybridized carbons (Fsp3) is 0.600. The van der Waals surface area contributed by atoms with Crippen molar-refractivity contribution in [2.45, 2.75) is 19.6 Å². The average molecular weight is 271 g/mol. The van der Waals surface area contributed by atoms with Gasteiger partial charge in [-0.3, -0.25) is 0 Å². The normalized spacial score (nSPS) is 11.2. The van der Waals surface area contributed by atoms with E-state index in [1.54, 1.807) is 0 Å². The predicted octanol–water partition coefficient (Wildman–Crippen LogP) is -2.05. The second-order valence-corrected chi connectivity index (χ2v) is 5.96. The van der Waals surface area contributed by atoms with Crippen LogP contribution in [0.2, 0.25) is 0 Å². The maximum Gasteiger partial charge on any atom is 1.00 e. The Bertz CT molecular complexity index is 389. The first-order chi connectivity index (χ1) is 8.79. The Morgan fingerprint density at radius 2 is 1.10 bits per heavy atom. The van der Waals surface area contributed by atoms with Gasteiger partial charge in [-0.25, -0.2) is 0 Å². The summed E-state index contributed by atoms with van der Waals surface area (Å²) in [5.74, 6) is 0.185. The van der Waals surface area contributed by atoms with E-state index in [-0.39, 0.29) is 24.6 Å². The zero-order valence-electron chi connectivity index (χ0n) is 14.0. The molecule has 0 fully saturated rings. The standard InChI is InChI=1S/C15H27N3O.Li/c1-16(2)9-12-7-13(10-17(3)4)15(19)14(8-12)11-18(5)6;/h7-8,19H,9-11H2,1-6H3;/q;+1/p-1. The molecule has 20 heavy (non-hydrogen) atoms. The third-order valence-corrected chi connectivity index (χ3v) is 2.77. The van der Waals surface area contributed by atoms with Gasteiger partial charge in [-0.05, 0) is 59.0 Å². The molecule has 0 unspecified atom stereocenters. The van der Waals surface area contributed by atoms with Crippen LogP contribution in [0.15, 0.2) is 12.1 Å². The third kappa shape index (κ3) is 6.30. The summed E-state index contributed by atoms with van der Waals surface area (Å²) in [7, 11) is 12.0. The fourth-order valence-electron chi connectivity index (χ4n) is 2.20. The van der Waals surface area contributed by atoms with Gasteiger partial charge in [-0.2, -0.15) is 0 Å². The molecule has 1 rings (SSSR count). The van der Waals surface area contributed by atoms with Gasteiger partial charge in [-0.15, -0.1) is 0 Å². The molecule has 0 saturated carbocycles. The molecule has 0 N–H and O–H groups in total. The topological polar surface area (TPSA) is 32.8 Å². The van der Waals surface area contributed by atoms with E-state index in [0.29, 0.717) is 13.1 Å². The minimum Gasteiger partial charge on any atom is -0.872 e. The average Bonchev–Trinajstić information content (AvgIpc) is 2.22. The van der Waals surface area contributed by atoms with Crippen LogP contribution in [0.3, 0.4) is 0 Å². The largest absolute Gasteiger partial charge is 1.00 e. The van der Waals surface area contributed by atoms with E-state index >= 15 is 0 Å². The molecular weight excluding hydrogens is 245 g/mol. The van der Waals surface area contributed by atoms with Crippen LogP contribution in [-0.2, 0) is 19.6 Å². The van der Waals surface area contributed by atoms with E-state index in [1.807, 2.05) is 64.2 Å². The Balaban J connectivity index is 0.00000361. The van der Waals surface area contributed by atoms with Crippen LogP contribution >= 0.6 is 0 Å². The van der Waals surface area contributed by atoms with Gasteiger partial charge in [0.1, 0.15) is 0 Å². The minimum atomic E-state index is 0. The van der Waals surface area contributed by atoms with Gasteiger partial charge in [0.25, 0.3) is 0 Å². The molecule has 4 nitrogen and oxygen atoms in total. The summed E-state index contributed by atoms with van der Waals surface area (Å²) in [6, 6.07) is 4.09. The van der Waals surface area contributed by atoms with Crippen molar-refractivity contribution in [3.8, 4) is 5.75 Å². The quantitative estimate of drug-likeness (QED) is 0.558. The Hall–Kier alpha value is -0.503. The summed E-state index contributed by atoms with van der Waals surface area (Å²) in [5, 5.41) is 12.4. The van der Waals surface area contributed by atoms with E-state index in [2.05, 4.69) is 4.90 Å². The predicted molar refractivity (Wildman–Crippen MR) is 78.1 cm³/mol. The summed E-state index contributed by atoms with van der Waals surface area (Å²) in [6.45, 7) is 2.25. The van der Waals surface area contributed by atoms with Gasteiger partial charge in [0.15, 0.2) is 0 Å². The zero-order valence-corrected chi connectivity index (χ0v) is 14.0. The molecule has 0 saturated heterocycles. The first-order valence-corrected chi connectivity index (χ1v) is 6.55. The number of benzene rings is 1. The summed E-state index contributed by atoms with van der Waals surface area (Å²) in [4.78, 5) is 6.20. The van der Waals surface area contributed by atoms with Gasteiger partial charge in [0.05, 0.1) is 0 Å². The molecule has 0 amide bonds. The van der Waals surface area contributed by atoms with Crippen LogP contribution in [0.1, 0.15) is 16.7 Å². The Kier molecular flexibility index (Phi) is 8.49. The van der Waals surface area contributed by atoms with E-state index in [1.165, 1.54) is 5.56 Å².